The highest BCUT2D eigenvalue weighted by molar-refractivity contribution is 7.80. The summed E-state index contributed by atoms with van der Waals surface area (Å²) < 4.78 is 0. The molecule has 1 aliphatic heterocycles. The zero-order valence-corrected chi connectivity index (χ0v) is 26.0. The van der Waals surface area contributed by atoms with Gasteiger partial charge in [0.2, 0.25) is 41.4 Å². The molecule has 0 radical (unpaired) electrons. The monoisotopic (exact) mass is 679 g/mol. The van der Waals surface area contributed by atoms with Crippen LogP contribution in [0, 0.1) is 0 Å². The molecular weight excluding hydrogens is 642 g/mol. The normalized spacial score (nSPS) is 27.2. The molecule has 0 aromatic rings. The molecular formula is C24H37N7O12S2. The van der Waals surface area contributed by atoms with Crippen molar-refractivity contribution < 1.29 is 58.5 Å². The first kappa shape index (κ1) is 38.9. The number of hydrogen-bond donors (Lipinski definition) is 12. The maximum absolute atomic E-state index is 13.0. The number of nitrogens with one attached hydrogen (secondary N) is 7. The van der Waals surface area contributed by atoms with Gasteiger partial charge in [-0.15, -0.1) is 0 Å². The van der Waals surface area contributed by atoms with E-state index in [0.717, 1.165) is 13.8 Å². The van der Waals surface area contributed by atoms with Crippen molar-refractivity contribution in [3.63, 3.8) is 0 Å². The van der Waals surface area contributed by atoms with Crippen molar-refractivity contribution in [2.45, 2.75) is 75.5 Å². The molecule has 21 heteroatoms. The van der Waals surface area contributed by atoms with Gasteiger partial charge in [0.25, 0.3) is 0 Å². The van der Waals surface area contributed by atoms with E-state index < -0.39 is 121 Å². The number of carboxylic acids is 2. The summed E-state index contributed by atoms with van der Waals surface area (Å²) in [7, 11) is 0. The van der Waals surface area contributed by atoms with Crippen LogP contribution in [-0.4, -0.2) is 129 Å². The Hall–Kier alpha value is -4.11. The fourth-order valence-electron chi connectivity index (χ4n) is 3.71. The average Bonchev–Trinajstić information content (AvgIpc) is 2.96. The molecule has 1 rings (SSSR count). The van der Waals surface area contributed by atoms with Gasteiger partial charge in [-0.05, 0) is 20.3 Å². The molecule has 10 N–H and O–H groups in total. The van der Waals surface area contributed by atoms with Crippen molar-refractivity contribution in [1.82, 2.24) is 37.2 Å². The number of carbonyl (C=O) groups is 9. The Morgan fingerprint density at radius 2 is 1.20 bits per heavy atom. The van der Waals surface area contributed by atoms with Crippen molar-refractivity contribution in [3.8, 4) is 0 Å². The molecule has 0 aliphatic carbocycles. The first-order valence-electron chi connectivity index (χ1n) is 13.4. The van der Waals surface area contributed by atoms with Crippen molar-refractivity contribution in [3.05, 3.63) is 0 Å². The predicted octanol–water partition coefficient (Wildman–Crippen LogP) is -5.38. The Morgan fingerprint density at radius 3 is 1.71 bits per heavy atom. The van der Waals surface area contributed by atoms with Gasteiger partial charge < -0.3 is 52.5 Å². The lowest BCUT2D eigenvalue weighted by Gasteiger charge is -2.26. The minimum absolute atomic E-state index is 0.278. The SMILES string of the molecule is C[C@@H]1NC(=O)[C@H](CC(=O)O)NC(=O)[C@H](CS)NC(=O)[C@H](CS)NC(=O)CNC(=O)[C@H]([C@@H](C)O)NC(=O)[C@H](CCC(=O)O)NC1=O. The van der Waals surface area contributed by atoms with Crippen LogP contribution >= 0.6 is 25.3 Å². The van der Waals surface area contributed by atoms with E-state index >= 15 is 0 Å². The molecule has 0 saturated carbocycles. The molecule has 1 heterocycles. The fraction of sp³-hybridized carbons (Fsp3) is 0.625. The van der Waals surface area contributed by atoms with E-state index in [2.05, 4.69) is 62.5 Å². The van der Waals surface area contributed by atoms with Gasteiger partial charge in [0.15, 0.2) is 0 Å². The Bertz CT molecular complexity index is 1170. The second-order valence-electron chi connectivity index (χ2n) is 9.87. The summed E-state index contributed by atoms with van der Waals surface area (Å²) in [6, 6.07) is -9.29. The topological polar surface area (TPSA) is 299 Å². The molecule has 1 fully saturated rings. The van der Waals surface area contributed by atoms with Crippen molar-refractivity contribution >= 4 is 78.5 Å². The van der Waals surface area contributed by atoms with Crippen LogP contribution in [0.25, 0.3) is 0 Å². The Morgan fingerprint density at radius 1 is 0.711 bits per heavy atom. The third-order valence-corrected chi connectivity index (χ3v) is 6.91. The number of aliphatic carboxylic acids is 2. The third-order valence-electron chi connectivity index (χ3n) is 6.18. The lowest BCUT2D eigenvalue weighted by atomic mass is 10.1. The second kappa shape index (κ2) is 18.6. The molecule has 252 valence electrons. The fourth-order valence-corrected chi connectivity index (χ4v) is 4.23. The number of amides is 7. The van der Waals surface area contributed by atoms with E-state index in [4.69, 9.17) is 5.11 Å². The Labute approximate surface area is 267 Å². The predicted molar refractivity (Wildman–Crippen MR) is 159 cm³/mol. The summed E-state index contributed by atoms with van der Waals surface area (Å²) >= 11 is 8.00. The van der Waals surface area contributed by atoms with E-state index in [0.29, 0.717) is 0 Å². The van der Waals surface area contributed by atoms with Crippen molar-refractivity contribution in [1.29, 1.82) is 0 Å². The van der Waals surface area contributed by atoms with Crippen molar-refractivity contribution in [2.24, 2.45) is 0 Å². The number of aliphatic hydroxyl groups is 1. The number of carboxylic acid groups (broad SMARTS) is 2. The van der Waals surface area contributed by atoms with Gasteiger partial charge in [0.05, 0.1) is 19.1 Å². The van der Waals surface area contributed by atoms with Crippen LogP contribution in [0.4, 0.5) is 0 Å². The molecule has 45 heavy (non-hydrogen) atoms. The standard InChI is InChI=1S/C24H37N7O12S2/c1-9-19(38)28-11(3-4-16(34)35)20(39)31-18(10(2)32)24(43)25-6-15(33)27-13(7-44)22(41)30-14(8-45)23(42)29-12(5-17(36)37)21(40)26-9/h9-14,18,32,44-45H,3-8H2,1-2H3,(H,25,43)(H,26,40)(H,27,33)(H,28,38)(H,29,42)(H,30,41)(H,31,39)(H,34,35)(H,36,37)/t9-,10+,11-,12-,13-,14-,18-/m0/s1. The van der Waals surface area contributed by atoms with Gasteiger partial charge in [0, 0.05) is 17.9 Å². The average molecular weight is 680 g/mol. The molecule has 1 aliphatic rings. The number of hydrogen-bond acceptors (Lipinski definition) is 12. The molecule has 0 bridgehead atoms. The van der Waals surface area contributed by atoms with E-state index in [1.165, 1.54) is 0 Å². The van der Waals surface area contributed by atoms with E-state index in [1.54, 1.807) is 0 Å². The van der Waals surface area contributed by atoms with Gasteiger partial charge in [-0.1, -0.05) is 0 Å². The Balaban J connectivity index is 3.48. The molecule has 7 atom stereocenters. The summed E-state index contributed by atoms with van der Waals surface area (Å²) in [4.78, 5) is 112. The Kier molecular flexibility index (Phi) is 16.1. The minimum atomic E-state index is -1.76. The largest absolute Gasteiger partial charge is 0.481 e. The number of aliphatic hydroxyl groups excluding tert-OH is 1. The first-order valence-corrected chi connectivity index (χ1v) is 14.7. The highest BCUT2D eigenvalue weighted by atomic mass is 32.1. The van der Waals surface area contributed by atoms with Crippen LogP contribution in [0.5, 0.6) is 0 Å². The van der Waals surface area contributed by atoms with E-state index in [9.17, 15) is 53.4 Å². The zero-order valence-electron chi connectivity index (χ0n) is 24.2. The number of carbonyl (C=O) groups excluding carboxylic acids is 7. The maximum atomic E-state index is 13.0. The van der Waals surface area contributed by atoms with Crippen LogP contribution in [0.3, 0.4) is 0 Å². The molecule has 0 spiro atoms. The van der Waals surface area contributed by atoms with Crippen LogP contribution in [0.15, 0.2) is 0 Å². The van der Waals surface area contributed by atoms with Gasteiger partial charge in [0.1, 0.15) is 36.3 Å². The van der Waals surface area contributed by atoms with Crippen LogP contribution < -0.4 is 37.2 Å². The lowest BCUT2D eigenvalue weighted by molar-refractivity contribution is -0.141. The summed E-state index contributed by atoms with van der Waals surface area (Å²) in [5.41, 5.74) is 0. The molecule has 19 nitrogen and oxygen atoms in total. The smallest absolute Gasteiger partial charge is 0.305 e. The second-order valence-corrected chi connectivity index (χ2v) is 10.6. The molecule has 7 amide bonds. The van der Waals surface area contributed by atoms with Crippen LogP contribution in [-0.2, 0) is 43.2 Å². The van der Waals surface area contributed by atoms with Gasteiger partial charge in [-0.3, -0.25) is 43.2 Å². The molecule has 0 aromatic carbocycles. The highest BCUT2D eigenvalue weighted by Gasteiger charge is 2.34. The van der Waals surface area contributed by atoms with E-state index in [-0.39, 0.29) is 11.5 Å². The van der Waals surface area contributed by atoms with Crippen LogP contribution in [0.1, 0.15) is 33.1 Å². The molecule has 1 saturated heterocycles. The molecule has 0 aromatic heterocycles. The van der Waals surface area contributed by atoms with Crippen molar-refractivity contribution in [2.75, 3.05) is 18.1 Å². The highest BCUT2D eigenvalue weighted by Crippen LogP contribution is 2.04. The summed E-state index contributed by atoms with van der Waals surface area (Å²) in [6.45, 7) is 1.54. The summed E-state index contributed by atoms with van der Waals surface area (Å²) in [5, 5.41) is 44.0. The molecule has 0 unspecified atom stereocenters. The third kappa shape index (κ3) is 13.2. The number of rotatable bonds is 8. The summed E-state index contributed by atoms with van der Waals surface area (Å²) in [6.07, 6.45) is -3.60. The van der Waals surface area contributed by atoms with Gasteiger partial charge in [-0.25, -0.2) is 0 Å². The quantitative estimate of drug-likeness (QED) is 0.107. The first-order chi connectivity index (χ1) is 21.0. The zero-order chi connectivity index (χ0) is 34.4. The maximum Gasteiger partial charge on any atom is 0.305 e. The van der Waals surface area contributed by atoms with E-state index in [1.807, 2.05) is 0 Å². The van der Waals surface area contributed by atoms with Crippen LogP contribution in [0.2, 0.25) is 0 Å². The van der Waals surface area contributed by atoms with Gasteiger partial charge >= 0.3 is 11.9 Å². The minimum Gasteiger partial charge on any atom is -0.481 e. The number of thiol groups is 2. The van der Waals surface area contributed by atoms with Gasteiger partial charge in [-0.2, -0.15) is 25.3 Å². The summed E-state index contributed by atoms with van der Waals surface area (Å²) in [5.74, 6) is -10.6. The lowest BCUT2D eigenvalue weighted by Crippen LogP contribution is -2.60.